The van der Waals surface area contributed by atoms with E-state index in [0.717, 1.165) is 16.8 Å². The van der Waals surface area contributed by atoms with Crippen molar-refractivity contribution < 1.29 is 9.59 Å². The number of anilines is 2. The van der Waals surface area contributed by atoms with Gasteiger partial charge in [-0.25, -0.2) is 4.79 Å². The van der Waals surface area contributed by atoms with Crippen molar-refractivity contribution in [2.24, 2.45) is 7.05 Å². The molecule has 0 unspecified atom stereocenters. The summed E-state index contributed by atoms with van der Waals surface area (Å²) in [5.74, 6) is 0.183. The van der Waals surface area contributed by atoms with Crippen LogP contribution in [0, 0.1) is 0 Å². The third-order valence-corrected chi connectivity index (χ3v) is 6.41. The summed E-state index contributed by atoms with van der Waals surface area (Å²) < 4.78 is 1.75. The lowest BCUT2D eigenvalue weighted by Crippen LogP contribution is -2.49. The first-order valence-electron chi connectivity index (χ1n) is 11.6. The first-order chi connectivity index (χ1) is 16.6. The molecule has 3 aromatic rings. The van der Waals surface area contributed by atoms with Gasteiger partial charge >= 0.3 is 6.03 Å². The van der Waals surface area contributed by atoms with Gasteiger partial charge < -0.3 is 26.2 Å². The molecular formula is C26H33N7O2. The summed E-state index contributed by atoms with van der Waals surface area (Å²) in [6.07, 6.45) is 0. The standard InChI is InChI=1S/C26H33N7O2/c1-26(2)22-20(23(30-32(22)5)29-24(34)18-11-13-19(27)14-12-18)15-33(26)25(35)28-21(16-31(3)4)17-9-7-6-8-10-17/h6-14,21H,15-16,27H2,1-5H3,(H,28,35)(H,29,30,34)/t21-/m1/s1. The van der Waals surface area contributed by atoms with Crippen molar-refractivity contribution in [3.63, 3.8) is 0 Å². The number of nitrogens with zero attached hydrogens (tertiary/aromatic N) is 4. The van der Waals surface area contributed by atoms with Crippen LogP contribution in [0.15, 0.2) is 54.6 Å². The number of likely N-dealkylation sites (N-methyl/N-ethyl adjacent to an activating group) is 1. The van der Waals surface area contributed by atoms with Crippen molar-refractivity contribution in [2.45, 2.75) is 32.0 Å². The molecule has 184 valence electrons. The number of benzene rings is 2. The van der Waals surface area contributed by atoms with Crippen molar-refractivity contribution >= 4 is 23.4 Å². The highest BCUT2D eigenvalue weighted by Crippen LogP contribution is 2.42. The van der Waals surface area contributed by atoms with Gasteiger partial charge in [-0.05, 0) is 57.8 Å². The number of rotatable bonds is 6. The highest BCUT2D eigenvalue weighted by Gasteiger charge is 2.45. The van der Waals surface area contributed by atoms with Crippen LogP contribution in [-0.4, -0.2) is 52.2 Å². The quantitative estimate of drug-likeness (QED) is 0.474. The Labute approximate surface area is 205 Å². The molecule has 0 saturated carbocycles. The van der Waals surface area contributed by atoms with Gasteiger partial charge in [-0.2, -0.15) is 5.10 Å². The van der Waals surface area contributed by atoms with Crippen LogP contribution in [0.1, 0.15) is 47.1 Å². The zero-order valence-electron chi connectivity index (χ0n) is 20.9. The molecule has 3 amide bonds. The van der Waals surface area contributed by atoms with Crippen molar-refractivity contribution in [1.82, 2.24) is 24.9 Å². The molecule has 0 saturated heterocycles. The van der Waals surface area contributed by atoms with Crippen LogP contribution in [0.25, 0.3) is 0 Å². The van der Waals surface area contributed by atoms with E-state index in [1.54, 1.807) is 33.8 Å². The summed E-state index contributed by atoms with van der Waals surface area (Å²) in [6.45, 7) is 4.99. The number of nitrogens with two attached hydrogens (primary N) is 1. The molecule has 4 N–H and O–H groups in total. The summed E-state index contributed by atoms with van der Waals surface area (Å²) in [5, 5.41) is 10.7. The van der Waals surface area contributed by atoms with Crippen LogP contribution in [0.5, 0.6) is 0 Å². The molecule has 1 atom stereocenters. The first-order valence-corrected chi connectivity index (χ1v) is 11.6. The number of urea groups is 1. The fourth-order valence-corrected chi connectivity index (χ4v) is 4.72. The summed E-state index contributed by atoms with van der Waals surface area (Å²) in [4.78, 5) is 30.2. The van der Waals surface area contributed by atoms with E-state index >= 15 is 0 Å². The molecule has 0 radical (unpaired) electrons. The predicted molar refractivity (Wildman–Crippen MR) is 137 cm³/mol. The smallest absolute Gasteiger partial charge is 0.319 e. The molecular weight excluding hydrogens is 442 g/mol. The third-order valence-electron chi connectivity index (χ3n) is 6.41. The Hall–Kier alpha value is -3.85. The van der Waals surface area contributed by atoms with E-state index in [4.69, 9.17) is 5.73 Å². The van der Waals surface area contributed by atoms with E-state index in [-0.39, 0.29) is 18.0 Å². The Morgan fingerprint density at radius 1 is 1.11 bits per heavy atom. The SMILES string of the molecule is CN(C)C[C@@H](NC(=O)N1Cc2c(NC(=O)c3ccc(N)cc3)nn(C)c2C1(C)C)c1ccccc1. The number of fused-ring (bicyclic) bond motifs is 1. The number of nitrogens with one attached hydrogen (secondary N) is 2. The Kier molecular flexibility index (Phi) is 6.53. The highest BCUT2D eigenvalue weighted by molar-refractivity contribution is 6.04. The van der Waals surface area contributed by atoms with E-state index in [1.807, 2.05) is 65.3 Å². The average Bonchev–Trinajstić information content (AvgIpc) is 3.27. The zero-order chi connectivity index (χ0) is 25.3. The van der Waals surface area contributed by atoms with E-state index in [0.29, 0.717) is 30.2 Å². The molecule has 1 aromatic heterocycles. The molecule has 0 aliphatic carbocycles. The summed E-state index contributed by atoms with van der Waals surface area (Å²) >= 11 is 0. The van der Waals surface area contributed by atoms with Gasteiger partial charge in [0.2, 0.25) is 0 Å². The average molecular weight is 476 g/mol. The minimum Gasteiger partial charge on any atom is -0.399 e. The maximum absolute atomic E-state index is 13.6. The largest absolute Gasteiger partial charge is 0.399 e. The van der Waals surface area contributed by atoms with E-state index in [9.17, 15) is 9.59 Å². The van der Waals surface area contributed by atoms with Gasteiger partial charge in [0.1, 0.15) is 0 Å². The van der Waals surface area contributed by atoms with Crippen molar-refractivity contribution in [3.05, 3.63) is 77.0 Å². The van der Waals surface area contributed by atoms with Crippen LogP contribution in [-0.2, 0) is 19.1 Å². The van der Waals surface area contributed by atoms with Gasteiger partial charge in [0, 0.05) is 30.4 Å². The molecule has 4 rings (SSSR count). The Balaban J connectivity index is 1.56. The predicted octanol–water partition coefficient (Wildman–Crippen LogP) is 3.32. The number of hydrogen-bond acceptors (Lipinski definition) is 5. The monoisotopic (exact) mass is 475 g/mol. The van der Waals surface area contributed by atoms with Crippen molar-refractivity contribution in [3.8, 4) is 0 Å². The topological polar surface area (TPSA) is 109 Å². The van der Waals surface area contributed by atoms with Crippen LogP contribution >= 0.6 is 0 Å². The molecule has 9 nitrogen and oxygen atoms in total. The molecule has 1 aliphatic rings. The van der Waals surface area contributed by atoms with Gasteiger partial charge in [0.15, 0.2) is 5.82 Å². The van der Waals surface area contributed by atoms with Crippen LogP contribution in [0.2, 0.25) is 0 Å². The number of nitrogen functional groups attached to an aromatic ring is 1. The van der Waals surface area contributed by atoms with E-state index in [1.165, 1.54) is 0 Å². The molecule has 0 spiro atoms. The second-order valence-corrected chi connectivity index (χ2v) is 9.70. The zero-order valence-corrected chi connectivity index (χ0v) is 20.9. The first kappa shape index (κ1) is 24.3. The normalized spacial score (nSPS) is 15.1. The molecule has 0 fully saturated rings. The van der Waals surface area contributed by atoms with Crippen molar-refractivity contribution in [1.29, 1.82) is 0 Å². The van der Waals surface area contributed by atoms with Crippen LogP contribution < -0.4 is 16.4 Å². The number of hydrogen-bond donors (Lipinski definition) is 3. The lowest BCUT2D eigenvalue weighted by Gasteiger charge is -2.34. The molecule has 2 heterocycles. The second kappa shape index (κ2) is 9.42. The number of amides is 3. The molecule has 1 aliphatic heterocycles. The number of aromatic nitrogens is 2. The molecule has 9 heteroatoms. The van der Waals surface area contributed by atoms with Gasteiger partial charge in [-0.3, -0.25) is 9.48 Å². The fourth-order valence-electron chi connectivity index (χ4n) is 4.72. The van der Waals surface area contributed by atoms with Gasteiger partial charge in [-0.15, -0.1) is 0 Å². The number of aryl methyl sites for hydroxylation is 1. The molecule has 0 bridgehead atoms. The Morgan fingerprint density at radius 2 is 1.77 bits per heavy atom. The minimum atomic E-state index is -0.620. The minimum absolute atomic E-state index is 0.166. The maximum atomic E-state index is 13.6. The maximum Gasteiger partial charge on any atom is 0.319 e. The van der Waals surface area contributed by atoms with Crippen molar-refractivity contribution in [2.75, 3.05) is 31.7 Å². The lowest BCUT2D eigenvalue weighted by molar-refractivity contribution is 0.102. The van der Waals surface area contributed by atoms with Gasteiger partial charge in [0.05, 0.1) is 23.8 Å². The Morgan fingerprint density at radius 3 is 2.40 bits per heavy atom. The lowest BCUT2D eigenvalue weighted by atomic mass is 10.0. The molecule has 2 aromatic carbocycles. The third kappa shape index (κ3) is 4.85. The molecule has 35 heavy (non-hydrogen) atoms. The fraction of sp³-hybridized carbons (Fsp3) is 0.346. The van der Waals surface area contributed by atoms with Gasteiger partial charge in [-0.1, -0.05) is 30.3 Å². The summed E-state index contributed by atoms with van der Waals surface area (Å²) in [6, 6.07) is 16.3. The van der Waals surface area contributed by atoms with Gasteiger partial charge in [0.25, 0.3) is 5.91 Å². The summed E-state index contributed by atoms with van der Waals surface area (Å²) in [5.41, 5.74) is 8.96. The Bertz CT molecular complexity index is 1220. The van der Waals surface area contributed by atoms with E-state index < -0.39 is 5.54 Å². The van der Waals surface area contributed by atoms with Crippen LogP contribution in [0.4, 0.5) is 16.3 Å². The van der Waals surface area contributed by atoms with E-state index in [2.05, 4.69) is 20.6 Å². The summed E-state index contributed by atoms with van der Waals surface area (Å²) in [7, 11) is 5.80. The van der Waals surface area contributed by atoms with Crippen LogP contribution in [0.3, 0.4) is 0 Å². The highest BCUT2D eigenvalue weighted by atomic mass is 16.2. The number of carbonyl (C=O) groups excluding carboxylic acids is 2. The number of carbonyl (C=O) groups is 2. The second-order valence-electron chi connectivity index (χ2n) is 9.70.